The Labute approximate surface area is 104 Å². The zero-order chi connectivity index (χ0) is 13.1. The Hall–Kier alpha value is -0.610. The third kappa shape index (κ3) is 3.96. The molecule has 0 saturated carbocycles. The smallest absolute Gasteiger partial charge is 0.325 e. The van der Waals surface area contributed by atoms with Crippen molar-refractivity contribution in [3.05, 3.63) is 0 Å². The second kappa shape index (κ2) is 5.83. The van der Waals surface area contributed by atoms with Gasteiger partial charge in [-0.15, -0.1) is 0 Å². The molecule has 17 heavy (non-hydrogen) atoms. The van der Waals surface area contributed by atoms with Crippen LogP contribution >= 0.6 is 0 Å². The summed E-state index contributed by atoms with van der Waals surface area (Å²) in [6, 6.07) is 0. The topological polar surface area (TPSA) is 55.6 Å². The second-order valence-electron chi connectivity index (χ2n) is 5.75. The number of esters is 1. The van der Waals surface area contributed by atoms with Crippen LogP contribution in [0.5, 0.6) is 0 Å². The molecule has 2 N–H and O–H groups in total. The van der Waals surface area contributed by atoms with Crippen molar-refractivity contribution in [2.75, 3.05) is 26.7 Å². The summed E-state index contributed by atoms with van der Waals surface area (Å²) in [6.07, 6.45) is 1.92. The van der Waals surface area contributed by atoms with E-state index in [0.717, 1.165) is 31.5 Å². The highest BCUT2D eigenvalue weighted by Gasteiger charge is 2.31. The molecule has 0 radical (unpaired) electrons. The first-order valence-corrected chi connectivity index (χ1v) is 6.46. The number of ether oxygens (including phenoxy) is 1. The van der Waals surface area contributed by atoms with Crippen molar-refractivity contribution in [2.24, 2.45) is 17.6 Å². The van der Waals surface area contributed by atoms with Gasteiger partial charge < -0.3 is 15.4 Å². The maximum absolute atomic E-state index is 11.4. The molecule has 100 valence electrons. The first-order valence-electron chi connectivity index (χ1n) is 6.46. The van der Waals surface area contributed by atoms with Gasteiger partial charge >= 0.3 is 5.97 Å². The number of likely N-dealkylation sites (tertiary alicyclic amines) is 1. The molecular weight excluding hydrogens is 216 g/mol. The van der Waals surface area contributed by atoms with Gasteiger partial charge in [0.2, 0.25) is 0 Å². The van der Waals surface area contributed by atoms with Crippen LogP contribution in [0.1, 0.15) is 33.6 Å². The van der Waals surface area contributed by atoms with E-state index in [4.69, 9.17) is 10.5 Å². The van der Waals surface area contributed by atoms with Crippen LogP contribution < -0.4 is 5.73 Å². The van der Waals surface area contributed by atoms with Crippen LogP contribution in [0.4, 0.5) is 0 Å². The quantitative estimate of drug-likeness (QED) is 0.737. The van der Waals surface area contributed by atoms with E-state index in [9.17, 15) is 4.79 Å². The maximum Gasteiger partial charge on any atom is 0.325 e. The monoisotopic (exact) mass is 242 g/mol. The Kier molecular flexibility index (Phi) is 4.95. The standard InChI is InChI=1S/C13H26N2O2/c1-10(2)11-5-7-15(9-11)8-6-13(3,14)12(16)17-4/h10-11H,5-9,14H2,1-4H3. The van der Waals surface area contributed by atoms with Gasteiger partial charge in [0, 0.05) is 13.1 Å². The molecule has 1 rings (SSSR count). The van der Waals surface area contributed by atoms with Crippen molar-refractivity contribution >= 4 is 5.97 Å². The fourth-order valence-corrected chi connectivity index (χ4v) is 2.34. The highest BCUT2D eigenvalue weighted by Crippen LogP contribution is 2.24. The Balaban J connectivity index is 2.35. The summed E-state index contributed by atoms with van der Waals surface area (Å²) in [5.41, 5.74) is 5.09. The fourth-order valence-electron chi connectivity index (χ4n) is 2.34. The number of carbonyl (C=O) groups excluding carboxylic acids is 1. The number of methoxy groups -OCH3 is 1. The first-order chi connectivity index (χ1) is 7.86. The van der Waals surface area contributed by atoms with Crippen LogP contribution in [0.2, 0.25) is 0 Å². The first kappa shape index (κ1) is 14.5. The average molecular weight is 242 g/mol. The van der Waals surface area contributed by atoms with E-state index < -0.39 is 5.54 Å². The lowest BCUT2D eigenvalue weighted by Crippen LogP contribution is -2.48. The zero-order valence-electron chi connectivity index (χ0n) is 11.5. The molecule has 0 bridgehead atoms. The van der Waals surface area contributed by atoms with E-state index in [1.54, 1.807) is 6.92 Å². The molecule has 4 nitrogen and oxygen atoms in total. The molecule has 0 spiro atoms. The number of rotatable bonds is 5. The third-order valence-corrected chi connectivity index (χ3v) is 3.85. The van der Waals surface area contributed by atoms with Crippen molar-refractivity contribution in [2.45, 2.75) is 39.2 Å². The van der Waals surface area contributed by atoms with E-state index in [1.165, 1.54) is 13.5 Å². The minimum atomic E-state index is -0.856. The van der Waals surface area contributed by atoms with E-state index in [1.807, 2.05) is 0 Å². The summed E-state index contributed by atoms with van der Waals surface area (Å²) in [5, 5.41) is 0. The molecule has 0 amide bonds. The molecule has 0 aromatic heterocycles. The van der Waals surface area contributed by atoms with Crippen molar-refractivity contribution in [1.82, 2.24) is 4.90 Å². The fraction of sp³-hybridized carbons (Fsp3) is 0.923. The van der Waals surface area contributed by atoms with E-state index in [0.29, 0.717) is 6.42 Å². The minimum absolute atomic E-state index is 0.322. The number of hydrogen-bond donors (Lipinski definition) is 1. The molecule has 1 fully saturated rings. The highest BCUT2D eigenvalue weighted by molar-refractivity contribution is 5.79. The van der Waals surface area contributed by atoms with Crippen LogP contribution in [-0.2, 0) is 9.53 Å². The van der Waals surface area contributed by atoms with Gasteiger partial charge in [0.15, 0.2) is 0 Å². The largest absolute Gasteiger partial charge is 0.468 e. The Morgan fingerprint density at radius 3 is 2.71 bits per heavy atom. The summed E-state index contributed by atoms with van der Waals surface area (Å²) in [6.45, 7) is 9.43. The molecule has 4 heteroatoms. The van der Waals surface area contributed by atoms with Gasteiger partial charge in [-0.2, -0.15) is 0 Å². The summed E-state index contributed by atoms with van der Waals surface area (Å²) in [7, 11) is 1.39. The minimum Gasteiger partial charge on any atom is -0.468 e. The Morgan fingerprint density at radius 1 is 1.59 bits per heavy atom. The van der Waals surface area contributed by atoms with Gasteiger partial charge in [-0.05, 0) is 38.1 Å². The zero-order valence-corrected chi connectivity index (χ0v) is 11.5. The average Bonchev–Trinajstić information content (AvgIpc) is 2.74. The number of nitrogens with two attached hydrogens (primary N) is 1. The normalized spacial score (nSPS) is 24.9. The Morgan fingerprint density at radius 2 is 2.24 bits per heavy atom. The van der Waals surface area contributed by atoms with Gasteiger partial charge in [-0.3, -0.25) is 4.79 Å². The third-order valence-electron chi connectivity index (χ3n) is 3.85. The molecule has 0 aromatic rings. The summed E-state index contributed by atoms with van der Waals surface area (Å²) in [5.74, 6) is 1.21. The molecule has 1 heterocycles. The van der Waals surface area contributed by atoms with E-state index in [2.05, 4.69) is 18.7 Å². The molecular formula is C13H26N2O2. The summed E-state index contributed by atoms with van der Waals surface area (Å²) in [4.78, 5) is 13.8. The van der Waals surface area contributed by atoms with Gasteiger partial charge in [0.25, 0.3) is 0 Å². The molecule has 2 atom stereocenters. The van der Waals surface area contributed by atoms with E-state index >= 15 is 0 Å². The second-order valence-corrected chi connectivity index (χ2v) is 5.75. The maximum atomic E-state index is 11.4. The van der Waals surface area contributed by atoms with Crippen LogP contribution in [0.25, 0.3) is 0 Å². The SMILES string of the molecule is COC(=O)C(C)(N)CCN1CCC(C(C)C)C1. The molecule has 0 aromatic carbocycles. The number of nitrogens with zero attached hydrogens (tertiary/aromatic N) is 1. The van der Waals surface area contributed by atoms with Crippen LogP contribution in [-0.4, -0.2) is 43.2 Å². The van der Waals surface area contributed by atoms with Crippen molar-refractivity contribution in [1.29, 1.82) is 0 Å². The summed E-state index contributed by atoms with van der Waals surface area (Å²) >= 11 is 0. The van der Waals surface area contributed by atoms with E-state index in [-0.39, 0.29) is 5.97 Å². The lowest BCUT2D eigenvalue weighted by Gasteiger charge is -2.25. The van der Waals surface area contributed by atoms with Crippen LogP contribution in [0.3, 0.4) is 0 Å². The molecule has 1 aliphatic rings. The van der Waals surface area contributed by atoms with Crippen LogP contribution in [0.15, 0.2) is 0 Å². The van der Waals surface area contributed by atoms with Crippen molar-refractivity contribution < 1.29 is 9.53 Å². The molecule has 2 unspecified atom stereocenters. The highest BCUT2D eigenvalue weighted by atomic mass is 16.5. The molecule has 1 aliphatic heterocycles. The lowest BCUT2D eigenvalue weighted by atomic mass is 9.95. The van der Waals surface area contributed by atoms with Gasteiger partial charge in [0.1, 0.15) is 5.54 Å². The van der Waals surface area contributed by atoms with Crippen molar-refractivity contribution in [3.8, 4) is 0 Å². The molecule has 1 saturated heterocycles. The summed E-state index contributed by atoms with van der Waals surface area (Å²) < 4.78 is 4.71. The predicted molar refractivity (Wildman–Crippen MR) is 68.6 cm³/mol. The van der Waals surface area contributed by atoms with Gasteiger partial charge in [-0.25, -0.2) is 0 Å². The van der Waals surface area contributed by atoms with Gasteiger partial charge in [0.05, 0.1) is 7.11 Å². The number of carbonyl (C=O) groups is 1. The predicted octanol–water partition coefficient (Wildman–Crippen LogP) is 1.24. The Bertz CT molecular complexity index is 264. The molecule has 0 aliphatic carbocycles. The van der Waals surface area contributed by atoms with Gasteiger partial charge in [-0.1, -0.05) is 13.8 Å². The van der Waals surface area contributed by atoms with Crippen molar-refractivity contribution in [3.63, 3.8) is 0 Å². The lowest BCUT2D eigenvalue weighted by molar-refractivity contribution is -0.146. The van der Waals surface area contributed by atoms with Crippen LogP contribution in [0, 0.1) is 11.8 Å². The number of hydrogen-bond acceptors (Lipinski definition) is 4.